The molecule has 0 radical (unpaired) electrons. The molecule has 0 aliphatic rings. The lowest BCUT2D eigenvalue weighted by Crippen LogP contribution is -1.82. The molecule has 20 heavy (non-hydrogen) atoms. The SMILES string of the molecule is COc1ccc(-c2ncc(-c3ccc(C)cc3)o2)cc1. The summed E-state index contributed by atoms with van der Waals surface area (Å²) in [6, 6.07) is 15.8. The van der Waals surface area contributed by atoms with Crippen molar-refractivity contribution in [3.05, 3.63) is 60.3 Å². The Kier molecular flexibility index (Phi) is 3.25. The number of nitrogens with zero attached hydrogens (tertiary/aromatic N) is 1. The van der Waals surface area contributed by atoms with E-state index in [2.05, 4.69) is 24.0 Å². The highest BCUT2D eigenvalue weighted by Crippen LogP contribution is 2.27. The number of hydrogen-bond acceptors (Lipinski definition) is 3. The fourth-order valence-corrected chi connectivity index (χ4v) is 1.99. The summed E-state index contributed by atoms with van der Waals surface area (Å²) in [4.78, 5) is 4.33. The van der Waals surface area contributed by atoms with Gasteiger partial charge in [-0.2, -0.15) is 0 Å². The number of methoxy groups -OCH3 is 1. The first-order valence-electron chi connectivity index (χ1n) is 6.43. The zero-order valence-electron chi connectivity index (χ0n) is 11.5. The van der Waals surface area contributed by atoms with Crippen LogP contribution in [0.2, 0.25) is 0 Å². The summed E-state index contributed by atoms with van der Waals surface area (Å²) in [5.74, 6) is 2.21. The van der Waals surface area contributed by atoms with Crippen LogP contribution in [0.1, 0.15) is 5.56 Å². The van der Waals surface area contributed by atoms with Crippen LogP contribution in [0.4, 0.5) is 0 Å². The first-order valence-corrected chi connectivity index (χ1v) is 6.43. The molecule has 0 atom stereocenters. The minimum absolute atomic E-state index is 0.614. The normalized spacial score (nSPS) is 10.5. The molecule has 0 saturated heterocycles. The Bertz CT molecular complexity index is 697. The molecule has 0 unspecified atom stereocenters. The van der Waals surface area contributed by atoms with E-state index in [1.165, 1.54) is 5.56 Å². The standard InChI is InChI=1S/C17H15NO2/c1-12-3-5-13(6-4-12)16-11-18-17(20-16)14-7-9-15(19-2)10-8-14/h3-11H,1-2H3. The molecule has 1 aromatic heterocycles. The smallest absolute Gasteiger partial charge is 0.226 e. The molecule has 0 fully saturated rings. The lowest BCUT2D eigenvalue weighted by molar-refractivity contribution is 0.415. The number of ether oxygens (including phenoxy) is 1. The maximum Gasteiger partial charge on any atom is 0.226 e. The maximum absolute atomic E-state index is 5.82. The molecule has 3 aromatic rings. The zero-order chi connectivity index (χ0) is 13.9. The van der Waals surface area contributed by atoms with E-state index in [1.54, 1.807) is 13.3 Å². The first-order chi connectivity index (χ1) is 9.76. The van der Waals surface area contributed by atoms with Gasteiger partial charge in [0.2, 0.25) is 5.89 Å². The van der Waals surface area contributed by atoms with Gasteiger partial charge in [0, 0.05) is 11.1 Å². The van der Waals surface area contributed by atoms with Crippen LogP contribution in [0.5, 0.6) is 5.75 Å². The van der Waals surface area contributed by atoms with Gasteiger partial charge in [-0.05, 0) is 31.2 Å². The Morgan fingerprint density at radius 1 is 0.900 bits per heavy atom. The number of rotatable bonds is 3. The molecule has 1 heterocycles. The fraction of sp³-hybridized carbons (Fsp3) is 0.118. The van der Waals surface area contributed by atoms with Gasteiger partial charge >= 0.3 is 0 Å². The quantitative estimate of drug-likeness (QED) is 0.707. The molecular weight excluding hydrogens is 250 g/mol. The van der Waals surface area contributed by atoms with Crippen molar-refractivity contribution in [2.24, 2.45) is 0 Å². The van der Waals surface area contributed by atoms with Crippen molar-refractivity contribution in [3.8, 4) is 28.5 Å². The summed E-state index contributed by atoms with van der Waals surface area (Å²) in [5.41, 5.74) is 3.19. The van der Waals surface area contributed by atoms with Gasteiger partial charge in [0.25, 0.3) is 0 Å². The number of aromatic nitrogens is 1. The van der Waals surface area contributed by atoms with Crippen LogP contribution >= 0.6 is 0 Å². The average molecular weight is 265 g/mol. The van der Waals surface area contributed by atoms with Crippen molar-refractivity contribution in [2.45, 2.75) is 6.92 Å². The highest BCUT2D eigenvalue weighted by molar-refractivity contribution is 5.61. The molecule has 3 nitrogen and oxygen atoms in total. The summed E-state index contributed by atoms with van der Waals surface area (Å²) < 4.78 is 11.0. The lowest BCUT2D eigenvalue weighted by Gasteiger charge is -2.00. The number of hydrogen-bond donors (Lipinski definition) is 0. The molecule has 2 aromatic carbocycles. The van der Waals surface area contributed by atoms with E-state index in [0.717, 1.165) is 22.6 Å². The highest BCUT2D eigenvalue weighted by atomic mass is 16.5. The van der Waals surface area contributed by atoms with E-state index in [1.807, 2.05) is 36.4 Å². The molecule has 0 aliphatic carbocycles. The van der Waals surface area contributed by atoms with Crippen LogP contribution < -0.4 is 4.74 Å². The Hall–Kier alpha value is -2.55. The Balaban J connectivity index is 1.91. The second kappa shape index (κ2) is 5.21. The van der Waals surface area contributed by atoms with E-state index in [4.69, 9.17) is 9.15 Å². The third-order valence-electron chi connectivity index (χ3n) is 3.18. The second-order valence-corrected chi connectivity index (χ2v) is 4.62. The molecule has 0 amide bonds. The molecule has 3 heteroatoms. The van der Waals surface area contributed by atoms with Crippen LogP contribution in [-0.2, 0) is 0 Å². The topological polar surface area (TPSA) is 35.3 Å². The Morgan fingerprint density at radius 3 is 2.20 bits per heavy atom. The Morgan fingerprint density at radius 2 is 1.55 bits per heavy atom. The van der Waals surface area contributed by atoms with Crippen LogP contribution in [-0.4, -0.2) is 12.1 Å². The van der Waals surface area contributed by atoms with Crippen LogP contribution in [0.25, 0.3) is 22.8 Å². The molecule has 3 rings (SSSR count). The van der Waals surface area contributed by atoms with Crippen molar-refractivity contribution in [3.63, 3.8) is 0 Å². The van der Waals surface area contributed by atoms with Gasteiger partial charge in [-0.3, -0.25) is 0 Å². The van der Waals surface area contributed by atoms with Gasteiger partial charge in [-0.15, -0.1) is 0 Å². The second-order valence-electron chi connectivity index (χ2n) is 4.62. The van der Waals surface area contributed by atoms with Gasteiger partial charge in [-0.1, -0.05) is 29.8 Å². The van der Waals surface area contributed by atoms with Crippen molar-refractivity contribution < 1.29 is 9.15 Å². The summed E-state index contributed by atoms with van der Waals surface area (Å²) in [6.07, 6.45) is 1.75. The molecular formula is C17H15NO2. The summed E-state index contributed by atoms with van der Waals surface area (Å²) in [5, 5.41) is 0. The molecule has 0 N–H and O–H groups in total. The van der Waals surface area contributed by atoms with Gasteiger partial charge in [0.15, 0.2) is 5.76 Å². The molecule has 0 saturated carbocycles. The van der Waals surface area contributed by atoms with Crippen molar-refractivity contribution in [1.29, 1.82) is 0 Å². The third kappa shape index (κ3) is 2.43. The van der Waals surface area contributed by atoms with Crippen molar-refractivity contribution >= 4 is 0 Å². The van der Waals surface area contributed by atoms with E-state index >= 15 is 0 Å². The van der Waals surface area contributed by atoms with Crippen molar-refractivity contribution in [2.75, 3.05) is 7.11 Å². The molecule has 100 valence electrons. The number of aryl methyl sites for hydroxylation is 1. The minimum Gasteiger partial charge on any atom is -0.497 e. The molecule has 0 aliphatic heterocycles. The first kappa shape index (κ1) is 12.5. The van der Waals surface area contributed by atoms with Crippen LogP contribution in [0, 0.1) is 6.92 Å². The Labute approximate surface area is 117 Å². The van der Waals surface area contributed by atoms with E-state index < -0.39 is 0 Å². The monoisotopic (exact) mass is 265 g/mol. The van der Waals surface area contributed by atoms with E-state index in [9.17, 15) is 0 Å². The number of benzene rings is 2. The summed E-state index contributed by atoms with van der Waals surface area (Å²) in [6.45, 7) is 2.06. The molecule has 0 bridgehead atoms. The van der Waals surface area contributed by atoms with Gasteiger partial charge < -0.3 is 9.15 Å². The van der Waals surface area contributed by atoms with Gasteiger partial charge in [-0.25, -0.2) is 4.98 Å². The zero-order valence-corrected chi connectivity index (χ0v) is 11.5. The van der Waals surface area contributed by atoms with Crippen LogP contribution in [0.3, 0.4) is 0 Å². The minimum atomic E-state index is 0.614. The van der Waals surface area contributed by atoms with Gasteiger partial charge in [0.05, 0.1) is 13.3 Å². The summed E-state index contributed by atoms with van der Waals surface area (Å²) >= 11 is 0. The fourth-order valence-electron chi connectivity index (χ4n) is 1.99. The number of oxazole rings is 1. The lowest BCUT2D eigenvalue weighted by atomic mass is 10.1. The van der Waals surface area contributed by atoms with Gasteiger partial charge in [0.1, 0.15) is 5.75 Å². The predicted octanol–water partition coefficient (Wildman–Crippen LogP) is 4.33. The van der Waals surface area contributed by atoms with Crippen LogP contribution in [0.15, 0.2) is 59.1 Å². The van der Waals surface area contributed by atoms with E-state index in [0.29, 0.717) is 5.89 Å². The highest BCUT2D eigenvalue weighted by Gasteiger charge is 2.08. The maximum atomic E-state index is 5.82. The van der Waals surface area contributed by atoms with E-state index in [-0.39, 0.29) is 0 Å². The average Bonchev–Trinajstić information content (AvgIpc) is 2.98. The third-order valence-corrected chi connectivity index (χ3v) is 3.18. The summed E-state index contributed by atoms with van der Waals surface area (Å²) in [7, 11) is 1.65. The predicted molar refractivity (Wildman–Crippen MR) is 78.7 cm³/mol. The molecule has 0 spiro atoms. The largest absolute Gasteiger partial charge is 0.497 e. The van der Waals surface area contributed by atoms with Crippen molar-refractivity contribution in [1.82, 2.24) is 4.98 Å².